The maximum absolute atomic E-state index is 13.3. The fourth-order valence-electron chi connectivity index (χ4n) is 4.34. The molecule has 31 heavy (non-hydrogen) atoms. The van der Waals surface area contributed by atoms with Gasteiger partial charge in [0.15, 0.2) is 0 Å². The number of aryl methyl sites for hydroxylation is 2. The van der Waals surface area contributed by atoms with Crippen molar-refractivity contribution in [3.05, 3.63) is 70.9 Å². The number of aromatic nitrogens is 1. The number of fused-ring (bicyclic) bond motifs is 1. The fraction of sp³-hybridized carbons (Fsp3) is 0.385. The summed E-state index contributed by atoms with van der Waals surface area (Å²) in [7, 11) is 0. The summed E-state index contributed by atoms with van der Waals surface area (Å²) in [4.78, 5) is 17.9. The zero-order valence-electron chi connectivity index (χ0n) is 18.2. The van der Waals surface area contributed by atoms with Gasteiger partial charge in [0.05, 0.1) is 11.1 Å². The average Bonchev–Trinajstić information content (AvgIpc) is 3.53. The molecule has 5 rings (SSSR count). The minimum atomic E-state index is -0.317. The van der Waals surface area contributed by atoms with Crippen LogP contribution in [-0.4, -0.2) is 30.1 Å². The first-order valence-electron chi connectivity index (χ1n) is 11.3. The lowest BCUT2D eigenvalue weighted by atomic mass is 9.95. The monoisotopic (exact) mass is 415 g/mol. The maximum atomic E-state index is 13.3. The van der Waals surface area contributed by atoms with Crippen molar-refractivity contribution in [3.63, 3.8) is 0 Å². The first-order valence-corrected chi connectivity index (χ1v) is 11.3. The Labute approximate surface area is 183 Å². The molecule has 0 bridgehead atoms. The molecule has 0 spiro atoms. The van der Waals surface area contributed by atoms with E-state index in [9.17, 15) is 4.79 Å². The summed E-state index contributed by atoms with van der Waals surface area (Å²) >= 11 is 0. The van der Waals surface area contributed by atoms with E-state index in [4.69, 9.17) is 4.74 Å². The molecule has 5 nitrogen and oxygen atoms in total. The highest BCUT2D eigenvalue weighted by molar-refractivity contribution is 5.97. The maximum Gasteiger partial charge on any atom is 0.252 e. The van der Waals surface area contributed by atoms with Crippen LogP contribution in [0.15, 0.2) is 48.7 Å². The third-order valence-electron chi connectivity index (χ3n) is 6.64. The summed E-state index contributed by atoms with van der Waals surface area (Å²) in [5.41, 5.74) is 4.74. The summed E-state index contributed by atoms with van der Waals surface area (Å²) in [5, 5.41) is 7.82. The van der Waals surface area contributed by atoms with Gasteiger partial charge in [0.1, 0.15) is 12.4 Å². The quantitative estimate of drug-likeness (QED) is 0.605. The number of rotatable bonds is 7. The number of amides is 1. The third kappa shape index (κ3) is 3.90. The standard InChI is InChI=1S/C26H29N3O2/c1-3-18-13-23(21-5-4-11-28-24(21)14-18)26(9-10-26)29-25(30)22-15-20(7-6-17(22)2)31-16-19-8-12-27-19/h4-7,11,13-15,19,27H,3,8-10,12,16H2,1-2H3,(H,29,30). The molecule has 2 heterocycles. The molecule has 160 valence electrons. The minimum Gasteiger partial charge on any atom is -0.492 e. The molecule has 0 radical (unpaired) electrons. The molecule has 1 aliphatic carbocycles. The van der Waals surface area contributed by atoms with E-state index < -0.39 is 0 Å². The highest BCUT2D eigenvalue weighted by Crippen LogP contribution is 2.48. The molecule has 1 amide bonds. The Balaban J connectivity index is 1.41. The summed E-state index contributed by atoms with van der Waals surface area (Å²) in [5.74, 6) is 0.707. The van der Waals surface area contributed by atoms with E-state index in [2.05, 4.69) is 40.7 Å². The molecule has 1 unspecified atom stereocenters. The van der Waals surface area contributed by atoms with Crippen LogP contribution in [0.4, 0.5) is 0 Å². The summed E-state index contributed by atoms with van der Waals surface area (Å²) in [6.45, 7) is 5.82. The van der Waals surface area contributed by atoms with Crippen molar-refractivity contribution in [2.75, 3.05) is 13.2 Å². The first kappa shape index (κ1) is 20.0. The predicted octanol–water partition coefficient (Wildman–Crippen LogP) is 4.27. The number of ether oxygens (including phenoxy) is 1. The van der Waals surface area contributed by atoms with Crippen molar-refractivity contribution in [3.8, 4) is 5.75 Å². The van der Waals surface area contributed by atoms with Gasteiger partial charge in [-0.05, 0) is 80.1 Å². The first-order chi connectivity index (χ1) is 15.1. The van der Waals surface area contributed by atoms with Crippen molar-refractivity contribution < 1.29 is 9.53 Å². The molecule has 2 fully saturated rings. The van der Waals surface area contributed by atoms with E-state index in [0.29, 0.717) is 18.2 Å². The van der Waals surface area contributed by atoms with Gasteiger partial charge in [-0.3, -0.25) is 9.78 Å². The lowest BCUT2D eigenvalue weighted by molar-refractivity contribution is 0.0930. The van der Waals surface area contributed by atoms with Gasteiger partial charge in [0, 0.05) is 23.2 Å². The average molecular weight is 416 g/mol. The number of carbonyl (C=O) groups excluding carboxylic acids is 1. The normalized spacial score (nSPS) is 19.0. The van der Waals surface area contributed by atoms with Crippen LogP contribution in [0.3, 0.4) is 0 Å². The van der Waals surface area contributed by atoms with Crippen molar-refractivity contribution in [2.45, 2.75) is 51.1 Å². The van der Waals surface area contributed by atoms with Crippen LogP contribution in [-0.2, 0) is 12.0 Å². The molecule has 2 aliphatic rings. The Morgan fingerprint density at radius 2 is 2.10 bits per heavy atom. The lowest BCUT2D eigenvalue weighted by Crippen LogP contribution is -2.46. The molecule has 1 saturated carbocycles. The number of benzene rings is 2. The molecule has 1 atom stereocenters. The van der Waals surface area contributed by atoms with Gasteiger partial charge in [-0.25, -0.2) is 0 Å². The third-order valence-corrected chi connectivity index (χ3v) is 6.64. The topological polar surface area (TPSA) is 63.2 Å². The number of nitrogens with one attached hydrogen (secondary N) is 2. The number of hydrogen-bond donors (Lipinski definition) is 2. The van der Waals surface area contributed by atoms with Crippen LogP contribution in [0.1, 0.15) is 53.2 Å². The predicted molar refractivity (Wildman–Crippen MR) is 123 cm³/mol. The Morgan fingerprint density at radius 1 is 1.26 bits per heavy atom. The Kier molecular flexibility index (Phi) is 5.14. The zero-order valence-corrected chi connectivity index (χ0v) is 18.2. The van der Waals surface area contributed by atoms with Gasteiger partial charge in [0.2, 0.25) is 0 Å². The van der Waals surface area contributed by atoms with Gasteiger partial charge >= 0.3 is 0 Å². The van der Waals surface area contributed by atoms with Crippen LogP contribution in [0.5, 0.6) is 5.75 Å². The van der Waals surface area contributed by atoms with Crippen molar-refractivity contribution in [2.24, 2.45) is 0 Å². The van der Waals surface area contributed by atoms with E-state index >= 15 is 0 Å². The van der Waals surface area contributed by atoms with E-state index in [0.717, 1.165) is 54.4 Å². The number of carbonyl (C=O) groups is 1. The highest BCUT2D eigenvalue weighted by atomic mass is 16.5. The van der Waals surface area contributed by atoms with E-state index in [1.54, 1.807) is 0 Å². The summed E-state index contributed by atoms with van der Waals surface area (Å²) in [6, 6.07) is 14.7. The summed E-state index contributed by atoms with van der Waals surface area (Å²) < 4.78 is 5.92. The molecule has 5 heteroatoms. The molecule has 1 aliphatic heterocycles. The Hall–Kier alpha value is -2.92. The zero-order chi connectivity index (χ0) is 21.4. The lowest BCUT2D eigenvalue weighted by Gasteiger charge is -2.27. The number of nitrogens with zero attached hydrogens (tertiary/aromatic N) is 1. The van der Waals surface area contributed by atoms with Gasteiger partial charge in [-0.2, -0.15) is 0 Å². The molecular weight excluding hydrogens is 386 g/mol. The summed E-state index contributed by atoms with van der Waals surface area (Å²) in [6.07, 6.45) is 5.80. The van der Waals surface area contributed by atoms with E-state index in [1.807, 2.05) is 37.4 Å². The van der Waals surface area contributed by atoms with Gasteiger partial charge < -0.3 is 15.4 Å². The van der Waals surface area contributed by atoms with Crippen molar-refractivity contribution in [1.82, 2.24) is 15.6 Å². The Morgan fingerprint density at radius 3 is 2.81 bits per heavy atom. The van der Waals surface area contributed by atoms with E-state index in [1.165, 1.54) is 11.1 Å². The fourth-order valence-corrected chi connectivity index (χ4v) is 4.34. The second-order valence-electron chi connectivity index (χ2n) is 8.83. The van der Waals surface area contributed by atoms with Crippen molar-refractivity contribution >= 4 is 16.8 Å². The van der Waals surface area contributed by atoms with E-state index in [-0.39, 0.29) is 11.4 Å². The Bertz CT molecular complexity index is 1130. The molecular formula is C26H29N3O2. The molecule has 1 saturated heterocycles. The van der Waals surface area contributed by atoms with Crippen LogP contribution in [0.25, 0.3) is 10.9 Å². The second kappa shape index (κ2) is 7.97. The van der Waals surface area contributed by atoms with Crippen LogP contribution >= 0.6 is 0 Å². The smallest absolute Gasteiger partial charge is 0.252 e. The van der Waals surface area contributed by atoms with Gasteiger partial charge in [-0.1, -0.05) is 25.1 Å². The van der Waals surface area contributed by atoms with Gasteiger partial charge in [-0.15, -0.1) is 0 Å². The SMILES string of the molecule is CCc1cc(C2(NC(=O)c3cc(OCC4CCN4)ccc3C)CC2)c2cccnc2c1. The second-order valence-corrected chi connectivity index (χ2v) is 8.83. The van der Waals surface area contributed by atoms with Crippen molar-refractivity contribution in [1.29, 1.82) is 0 Å². The van der Waals surface area contributed by atoms with Gasteiger partial charge in [0.25, 0.3) is 5.91 Å². The highest BCUT2D eigenvalue weighted by Gasteiger charge is 2.47. The number of pyridine rings is 1. The minimum absolute atomic E-state index is 0.0406. The molecule has 2 N–H and O–H groups in total. The molecule has 1 aromatic heterocycles. The molecule has 3 aromatic rings. The number of hydrogen-bond acceptors (Lipinski definition) is 4. The van der Waals surface area contributed by atoms with Crippen LogP contribution in [0.2, 0.25) is 0 Å². The largest absolute Gasteiger partial charge is 0.492 e. The molecule has 2 aromatic carbocycles. The van der Waals surface area contributed by atoms with Crippen LogP contribution < -0.4 is 15.4 Å². The van der Waals surface area contributed by atoms with Crippen LogP contribution in [0, 0.1) is 6.92 Å².